The molecule has 35 heavy (non-hydrogen) atoms. The van der Waals surface area contributed by atoms with E-state index in [0.717, 1.165) is 0 Å². The number of esters is 1. The summed E-state index contributed by atoms with van der Waals surface area (Å²) >= 11 is 11.0. The van der Waals surface area contributed by atoms with Gasteiger partial charge in [0.25, 0.3) is 5.56 Å². The van der Waals surface area contributed by atoms with Crippen LogP contribution in [-0.2, 0) is 9.53 Å². The van der Waals surface area contributed by atoms with Crippen LogP contribution in [0.15, 0.2) is 61.9 Å². The van der Waals surface area contributed by atoms with Gasteiger partial charge in [-0.25, -0.2) is 9.79 Å². The summed E-state index contributed by atoms with van der Waals surface area (Å²) in [5.41, 5.74) is 1.66. The van der Waals surface area contributed by atoms with Crippen molar-refractivity contribution in [3.8, 4) is 11.5 Å². The highest BCUT2D eigenvalue weighted by Crippen LogP contribution is 2.36. The third-order valence-electron chi connectivity index (χ3n) is 5.37. The van der Waals surface area contributed by atoms with Gasteiger partial charge >= 0.3 is 5.97 Å². The number of carbonyl (C=O) groups is 1. The molecule has 182 valence electrons. The summed E-state index contributed by atoms with van der Waals surface area (Å²) in [6.45, 7) is 5.82. The molecule has 3 aromatic rings. The molecule has 4 rings (SSSR count). The van der Waals surface area contributed by atoms with E-state index in [1.165, 1.54) is 15.9 Å². The number of halogens is 2. The van der Waals surface area contributed by atoms with E-state index >= 15 is 0 Å². The van der Waals surface area contributed by atoms with E-state index in [-0.39, 0.29) is 23.5 Å². The number of allylic oxidation sites excluding steroid dienone is 1. The van der Waals surface area contributed by atoms with Crippen LogP contribution in [0.3, 0.4) is 0 Å². The summed E-state index contributed by atoms with van der Waals surface area (Å²) in [6, 6.07) is 9.65. The largest absolute Gasteiger partial charge is 0.503 e. The van der Waals surface area contributed by atoms with E-state index in [1.54, 1.807) is 56.3 Å². The maximum absolute atomic E-state index is 13.7. The van der Waals surface area contributed by atoms with Crippen molar-refractivity contribution < 1.29 is 19.4 Å². The molecule has 1 aliphatic rings. The molecule has 1 atom stereocenters. The summed E-state index contributed by atoms with van der Waals surface area (Å²) in [7, 11) is 0. The molecule has 0 unspecified atom stereocenters. The topological polar surface area (TPSA) is 90.1 Å². The first kappa shape index (κ1) is 25.2. The Balaban J connectivity index is 1.96. The van der Waals surface area contributed by atoms with Crippen LogP contribution < -0.4 is 19.6 Å². The molecule has 10 heteroatoms. The Morgan fingerprint density at radius 3 is 2.71 bits per heavy atom. The van der Waals surface area contributed by atoms with Gasteiger partial charge in [0.2, 0.25) is 0 Å². The van der Waals surface area contributed by atoms with Crippen molar-refractivity contribution in [3.05, 3.63) is 88.0 Å². The molecule has 1 N–H and O–H groups in total. The zero-order valence-corrected chi connectivity index (χ0v) is 22.3. The molecule has 1 aromatic heterocycles. The lowest BCUT2D eigenvalue weighted by atomic mass is 9.96. The quantitative estimate of drug-likeness (QED) is 0.441. The normalized spacial score (nSPS) is 15.6. The molecule has 0 radical (unpaired) electrons. The Bertz CT molecular complexity index is 1530. The van der Waals surface area contributed by atoms with Gasteiger partial charge in [0.1, 0.15) is 6.04 Å². The van der Waals surface area contributed by atoms with Gasteiger partial charge in [0, 0.05) is 5.02 Å². The second-order valence-corrected chi connectivity index (χ2v) is 9.88. The summed E-state index contributed by atoms with van der Waals surface area (Å²) in [6.07, 6.45) is 1.70. The number of ether oxygens (including phenoxy) is 2. The molecule has 2 aromatic carbocycles. The van der Waals surface area contributed by atoms with E-state index in [2.05, 4.69) is 20.9 Å². The molecular formula is C25H22BrClN2O5S. The summed E-state index contributed by atoms with van der Waals surface area (Å²) < 4.78 is 13.1. The number of phenolic OH excluding ortho intramolecular Hbond substituents is 1. The molecule has 2 heterocycles. The summed E-state index contributed by atoms with van der Waals surface area (Å²) in [4.78, 5) is 31.6. The molecule has 0 saturated carbocycles. The number of fused-ring (bicyclic) bond motifs is 1. The molecule has 0 spiro atoms. The van der Waals surface area contributed by atoms with Crippen LogP contribution in [0.5, 0.6) is 11.5 Å². The van der Waals surface area contributed by atoms with Crippen molar-refractivity contribution in [2.24, 2.45) is 4.99 Å². The third-order valence-corrected chi connectivity index (χ3v) is 7.30. The molecular weight excluding hydrogens is 556 g/mol. The Morgan fingerprint density at radius 1 is 1.29 bits per heavy atom. The minimum atomic E-state index is -0.785. The molecule has 0 amide bonds. The lowest BCUT2D eigenvalue weighted by molar-refractivity contribution is -0.139. The number of hydrogen-bond acceptors (Lipinski definition) is 7. The molecule has 7 nitrogen and oxygen atoms in total. The molecule has 0 saturated heterocycles. The first-order valence-electron chi connectivity index (χ1n) is 10.9. The SMILES string of the molecule is CCOC(=O)C1=C(C)N=c2s/c(=C\c3cc(Br)c(O)c(OCC)c3)c(=O)n2[C@@H]1c1ccccc1Cl. The summed E-state index contributed by atoms with van der Waals surface area (Å²) in [5.74, 6) is -0.258. The Kier molecular flexibility index (Phi) is 7.49. The zero-order valence-electron chi connectivity index (χ0n) is 19.2. The number of aromatic nitrogens is 1. The lowest BCUT2D eigenvalue weighted by Gasteiger charge is -2.25. The highest BCUT2D eigenvalue weighted by atomic mass is 79.9. The zero-order chi connectivity index (χ0) is 25.3. The predicted octanol–water partition coefficient (Wildman–Crippen LogP) is 4.32. The molecule has 0 fully saturated rings. The Hall–Kier alpha value is -2.88. The molecule has 0 bridgehead atoms. The molecule has 1 aliphatic heterocycles. The average molecular weight is 578 g/mol. The second-order valence-electron chi connectivity index (χ2n) is 7.61. The van der Waals surface area contributed by atoms with E-state index in [0.29, 0.717) is 48.0 Å². The van der Waals surface area contributed by atoms with Gasteiger partial charge in [-0.1, -0.05) is 41.1 Å². The van der Waals surface area contributed by atoms with E-state index in [9.17, 15) is 14.7 Å². The van der Waals surface area contributed by atoms with Crippen LogP contribution in [0.25, 0.3) is 6.08 Å². The number of carbonyl (C=O) groups excluding carboxylic acids is 1. The van der Waals surface area contributed by atoms with Crippen LogP contribution in [0.2, 0.25) is 5.02 Å². The van der Waals surface area contributed by atoms with Gasteiger partial charge in [-0.15, -0.1) is 0 Å². The Labute approximate surface area is 218 Å². The number of hydrogen-bond donors (Lipinski definition) is 1. The van der Waals surface area contributed by atoms with Crippen LogP contribution >= 0.6 is 38.9 Å². The second kappa shape index (κ2) is 10.4. The van der Waals surface area contributed by atoms with Gasteiger partial charge in [-0.05, 0) is 72.1 Å². The van der Waals surface area contributed by atoms with Gasteiger partial charge in [-0.2, -0.15) is 0 Å². The minimum absolute atomic E-state index is 0.0149. The fourth-order valence-electron chi connectivity index (χ4n) is 3.88. The van der Waals surface area contributed by atoms with Crippen LogP contribution in [0, 0.1) is 0 Å². The standard InChI is InChI=1S/C25H22BrClN2O5S/c1-4-33-18-11-14(10-16(26)22(18)30)12-19-23(31)29-21(15-8-6-7-9-17(15)27)20(24(32)34-5-2)13(3)28-25(29)35-19/h6-12,21,30H,4-5H2,1-3H3/b19-12-/t21-/m1/s1. The van der Waals surface area contributed by atoms with Gasteiger partial charge in [0.05, 0.1) is 33.5 Å². The maximum Gasteiger partial charge on any atom is 0.338 e. The maximum atomic E-state index is 13.7. The van der Waals surface area contributed by atoms with Crippen molar-refractivity contribution in [2.75, 3.05) is 13.2 Å². The van der Waals surface area contributed by atoms with Crippen molar-refractivity contribution in [1.82, 2.24) is 4.57 Å². The fraction of sp³-hybridized carbons (Fsp3) is 0.240. The lowest BCUT2D eigenvalue weighted by Crippen LogP contribution is -2.40. The van der Waals surface area contributed by atoms with Crippen LogP contribution in [0.4, 0.5) is 0 Å². The summed E-state index contributed by atoms with van der Waals surface area (Å²) in [5, 5.41) is 10.6. The van der Waals surface area contributed by atoms with E-state index < -0.39 is 12.0 Å². The number of nitrogens with zero attached hydrogens (tertiary/aromatic N) is 2. The monoisotopic (exact) mass is 576 g/mol. The molecule has 0 aliphatic carbocycles. The van der Waals surface area contributed by atoms with Crippen LogP contribution in [-0.4, -0.2) is 28.9 Å². The van der Waals surface area contributed by atoms with Crippen molar-refractivity contribution in [3.63, 3.8) is 0 Å². The fourth-order valence-corrected chi connectivity index (χ4v) is 5.62. The van der Waals surface area contributed by atoms with E-state index in [4.69, 9.17) is 21.1 Å². The average Bonchev–Trinajstić information content (AvgIpc) is 3.11. The highest BCUT2D eigenvalue weighted by Gasteiger charge is 2.34. The van der Waals surface area contributed by atoms with Crippen molar-refractivity contribution in [1.29, 1.82) is 0 Å². The van der Waals surface area contributed by atoms with Crippen LogP contribution in [0.1, 0.15) is 37.9 Å². The number of rotatable bonds is 6. The van der Waals surface area contributed by atoms with Gasteiger partial charge < -0.3 is 14.6 Å². The number of benzene rings is 2. The van der Waals surface area contributed by atoms with Crippen molar-refractivity contribution >= 4 is 50.9 Å². The number of thiazole rings is 1. The number of aromatic hydroxyl groups is 1. The van der Waals surface area contributed by atoms with Gasteiger partial charge in [0.15, 0.2) is 16.3 Å². The highest BCUT2D eigenvalue weighted by molar-refractivity contribution is 9.10. The third kappa shape index (κ3) is 4.80. The first-order valence-corrected chi connectivity index (χ1v) is 12.8. The first-order chi connectivity index (χ1) is 16.8. The number of phenols is 1. The predicted molar refractivity (Wildman–Crippen MR) is 139 cm³/mol. The smallest absolute Gasteiger partial charge is 0.338 e. The minimum Gasteiger partial charge on any atom is -0.503 e. The van der Waals surface area contributed by atoms with Gasteiger partial charge in [-0.3, -0.25) is 9.36 Å². The van der Waals surface area contributed by atoms with E-state index in [1.807, 2.05) is 6.92 Å². The Morgan fingerprint density at radius 2 is 2.03 bits per heavy atom. The van der Waals surface area contributed by atoms with Crippen molar-refractivity contribution in [2.45, 2.75) is 26.8 Å².